The number of carbonyl (C=O) groups is 1. The molecule has 0 atom stereocenters. The first-order valence-electron chi connectivity index (χ1n) is 6.56. The van der Waals surface area contributed by atoms with E-state index in [9.17, 15) is 4.79 Å². The van der Waals surface area contributed by atoms with Crippen LogP contribution in [0.5, 0.6) is 0 Å². The predicted octanol–water partition coefficient (Wildman–Crippen LogP) is 3.49. The molecule has 95 valence electrons. The van der Waals surface area contributed by atoms with Gasteiger partial charge in [0.2, 0.25) is 5.91 Å². The van der Waals surface area contributed by atoms with Gasteiger partial charge in [-0.1, -0.05) is 48.5 Å². The van der Waals surface area contributed by atoms with Gasteiger partial charge in [-0.25, -0.2) is 0 Å². The second-order valence-corrected chi connectivity index (χ2v) is 4.79. The lowest BCUT2D eigenvalue weighted by Gasteiger charge is -2.12. The fourth-order valence-corrected chi connectivity index (χ4v) is 2.89. The molecular formula is C17H16NO. The Balaban J connectivity index is 2.02. The number of carbonyl (C=O) groups excluding carboxylic acids is 1. The van der Waals surface area contributed by atoms with E-state index in [1.54, 1.807) is 6.54 Å². The quantitative estimate of drug-likeness (QED) is 0.887. The summed E-state index contributed by atoms with van der Waals surface area (Å²) >= 11 is 0. The maximum atomic E-state index is 11.9. The van der Waals surface area contributed by atoms with Crippen molar-refractivity contribution in [3.05, 3.63) is 66.2 Å². The number of benzene rings is 2. The van der Waals surface area contributed by atoms with Gasteiger partial charge in [0, 0.05) is 18.9 Å². The smallest absolute Gasteiger partial charge is 0.221 e. The molecule has 1 amide bonds. The number of fused-ring (bicyclic) bond motifs is 3. The molecule has 0 spiro atoms. The highest BCUT2D eigenvalue weighted by Gasteiger charge is 2.29. The normalized spacial score (nSPS) is 12.9. The first-order chi connectivity index (χ1) is 9.31. The fourth-order valence-electron chi connectivity index (χ4n) is 2.89. The molecule has 0 unspecified atom stereocenters. The number of hydrogen-bond donors (Lipinski definition) is 1. The van der Waals surface area contributed by atoms with Gasteiger partial charge in [0.05, 0.1) is 0 Å². The summed E-state index contributed by atoms with van der Waals surface area (Å²) in [6.45, 7) is 3.52. The minimum Gasteiger partial charge on any atom is -0.352 e. The van der Waals surface area contributed by atoms with Gasteiger partial charge < -0.3 is 5.32 Å². The highest BCUT2D eigenvalue weighted by molar-refractivity contribution is 5.84. The molecule has 0 fully saturated rings. The van der Waals surface area contributed by atoms with Crippen LogP contribution in [0, 0.1) is 6.54 Å². The monoisotopic (exact) mass is 250 g/mol. The zero-order valence-electron chi connectivity index (χ0n) is 10.9. The van der Waals surface area contributed by atoms with E-state index >= 15 is 0 Å². The average Bonchev–Trinajstić information content (AvgIpc) is 2.75. The molecule has 2 aromatic carbocycles. The Hall–Kier alpha value is -2.09. The van der Waals surface area contributed by atoms with Gasteiger partial charge in [-0.15, -0.1) is 0 Å². The molecule has 0 heterocycles. The summed E-state index contributed by atoms with van der Waals surface area (Å²) in [7, 11) is 0. The van der Waals surface area contributed by atoms with Gasteiger partial charge in [0.15, 0.2) is 0 Å². The summed E-state index contributed by atoms with van der Waals surface area (Å²) in [5.41, 5.74) is 5.04. The van der Waals surface area contributed by atoms with Gasteiger partial charge >= 0.3 is 0 Å². The highest BCUT2D eigenvalue weighted by Crippen LogP contribution is 2.45. The maximum absolute atomic E-state index is 11.9. The molecule has 0 saturated heterocycles. The lowest BCUT2D eigenvalue weighted by Crippen LogP contribution is -2.21. The number of rotatable bonds is 3. The van der Waals surface area contributed by atoms with Crippen molar-refractivity contribution in [1.29, 1.82) is 0 Å². The van der Waals surface area contributed by atoms with Crippen molar-refractivity contribution in [3.63, 3.8) is 0 Å². The lowest BCUT2D eigenvalue weighted by atomic mass is 9.93. The Bertz CT molecular complexity index is 573. The molecule has 2 aromatic rings. The third kappa shape index (κ3) is 2.03. The Morgan fingerprint density at radius 1 is 1.05 bits per heavy atom. The molecule has 0 saturated carbocycles. The predicted molar refractivity (Wildman–Crippen MR) is 76.5 cm³/mol. The molecule has 2 nitrogen and oxygen atoms in total. The SMILES string of the molecule is C[CH]NC(=O)CC1c2ccccc2-c2ccccc21. The van der Waals surface area contributed by atoms with Crippen molar-refractivity contribution in [2.45, 2.75) is 19.3 Å². The van der Waals surface area contributed by atoms with E-state index in [0.717, 1.165) is 0 Å². The summed E-state index contributed by atoms with van der Waals surface area (Å²) in [4.78, 5) is 11.9. The molecule has 2 heteroatoms. The van der Waals surface area contributed by atoms with E-state index in [1.807, 2.05) is 19.1 Å². The van der Waals surface area contributed by atoms with Crippen LogP contribution < -0.4 is 5.32 Å². The molecule has 19 heavy (non-hydrogen) atoms. The van der Waals surface area contributed by atoms with Crippen LogP contribution in [0.25, 0.3) is 11.1 Å². The van der Waals surface area contributed by atoms with E-state index in [2.05, 4.69) is 41.7 Å². The zero-order chi connectivity index (χ0) is 13.2. The van der Waals surface area contributed by atoms with Gasteiger partial charge in [-0.3, -0.25) is 4.79 Å². The molecule has 1 N–H and O–H groups in total. The molecule has 1 aliphatic carbocycles. The molecule has 0 bridgehead atoms. The van der Waals surface area contributed by atoms with Crippen LogP contribution in [0.2, 0.25) is 0 Å². The summed E-state index contributed by atoms with van der Waals surface area (Å²) in [5.74, 6) is 0.242. The fraction of sp³-hybridized carbons (Fsp3) is 0.176. The maximum Gasteiger partial charge on any atom is 0.221 e. The van der Waals surface area contributed by atoms with Crippen molar-refractivity contribution in [3.8, 4) is 11.1 Å². The molecule has 1 aliphatic rings. The zero-order valence-corrected chi connectivity index (χ0v) is 10.9. The van der Waals surface area contributed by atoms with Gasteiger partial charge in [0.25, 0.3) is 0 Å². The van der Waals surface area contributed by atoms with E-state index < -0.39 is 0 Å². The van der Waals surface area contributed by atoms with Gasteiger partial charge in [-0.2, -0.15) is 0 Å². The van der Waals surface area contributed by atoms with Crippen LogP contribution >= 0.6 is 0 Å². The van der Waals surface area contributed by atoms with E-state index in [1.165, 1.54) is 22.3 Å². The standard InChI is InChI=1S/C17H16NO/c1-2-18-17(19)11-16-14-9-5-3-7-12(14)13-8-4-6-10-15(13)16/h2-10,16H,11H2,1H3,(H,18,19). The lowest BCUT2D eigenvalue weighted by molar-refractivity contribution is -0.120. The van der Waals surface area contributed by atoms with Crippen LogP contribution in [0.4, 0.5) is 0 Å². The Morgan fingerprint density at radius 3 is 2.11 bits per heavy atom. The molecule has 3 rings (SSSR count). The Morgan fingerprint density at radius 2 is 1.58 bits per heavy atom. The van der Waals surface area contributed by atoms with Crippen LogP contribution in [-0.2, 0) is 4.79 Å². The van der Waals surface area contributed by atoms with Crippen molar-refractivity contribution < 1.29 is 4.79 Å². The molecule has 0 aliphatic heterocycles. The molecule has 1 radical (unpaired) electrons. The van der Waals surface area contributed by atoms with E-state index in [-0.39, 0.29) is 11.8 Å². The largest absolute Gasteiger partial charge is 0.352 e. The van der Waals surface area contributed by atoms with Crippen LogP contribution in [-0.4, -0.2) is 5.91 Å². The summed E-state index contributed by atoms with van der Waals surface area (Å²) in [6, 6.07) is 16.7. The van der Waals surface area contributed by atoms with Crippen molar-refractivity contribution in [1.82, 2.24) is 5.32 Å². The van der Waals surface area contributed by atoms with E-state index in [0.29, 0.717) is 6.42 Å². The molecule has 0 aromatic heterocycles. The average molecular weight is 250 g/mol. The minimum absolute atomic E-state index is 0.0685. The first kappa shape index (κ1) is 12.0. The first-order valence-corrected chi connectivity index (χ1v) is 6.56. The van der Waals surface area contributed by atoms with E-state index in [4.69, 9.17) is 0 Å². The summed E-state index contributed by atoms with van der Waals surface area (Å²) in [5, 5.41) is 2.77. The number of nitrogens with one attached hydrogen (secondary N) is 1. The summed E-state index contributed by atoms with van der Waals surface area (Å²) in [6.07, 6.45) is 0.498. The summed E-state index contributed by atoms with van der Waals surface area (Å²) < 4.78 is 0. The van der Waals surface area contributed by atoms with Crippen LogP contribution in [0.3, 0.4) is 0 Å². The van der Waals surface area contributed by atoms with Crippen molar-refractivity contribution in [2.24, 2.45) is 0 Å². The van der Waals surface area contributed by atoms with Crippen LogP contribution in [0.1, 0.15) is 30.4 Å². The number of amides is 1. The highest BCUT2D eigenvalue weighted by atomic mass is 16.1. The van der Waals surface area contributed by atoms with Gasteiger partial charge in [-0.05, 0) is 29.2 Å². The van der Waals surface area contributed by atoms with Crippen molar-refractivity contribution >= 4 is 5.91 Å². The Kier molecular flexibility index (Phi) is 3.08. The van der Waals surface area contributed by atoms with Crippen molar-refractivity contribution in [2.75, 3.05) is 0 Å². The third-order valence-electron chi connectivity index (χ3n) is 3.66. The minimum atomic E-state index is 0.0685. The second-order valence-electron chi connectivity index (χ2n) is 4.79. The number of hydrogen-bond acceptors (Lipinski definition) is 1. The van der Waals surface area contributed by atoms with Crippen LogP contribution in [0.15, 0.2) is 48.5 Å². The Labute approximate surface area is 113 Å². The topological polar surface area (TPSA) is 29.1 Å². The second kappa shape index (κ2) is 4.88. The molecular weight excluding hydrogens is 234 g/mol. The van der Waals surface area contributed by atoms with Gasteiger partial charge in [0.1, 0.15) is 0 Å². The third-order valence-corrected chi connectivity index (χ3v) is 3.66.